The number of anilines is 1. The van der Waals surface area contributed by atoms with Crippen molar-refractivity contribution in [1.29, 1.82) is 0 Å². The number of aromatic amines is 1. The van der Waals surface area contributed by atoms with Crippen molar-refractivity contribution in [2.75, 3.05) is 5.73 Å². The van der Waals surface area contributed by atoms with Gasteiger partial charge in [0.15, 0.2) is 0 Å². The molecule has 2 aromatic rings. The van der Waals surface area contributed by atoms with Crippen molar-refractivity contribution in [2.24, 2.45) is 0 Å². The number of nitrogen functional groups attached to an aromatic ring is 1. The molecule has 0 atom stereocenters. The Hall–Kier alpha value is -1.68. The average molecular weight is 250 g/mol. The molecule has 0 bridgehead atoms. The third kappa shape index (κ3) is 2.08. The lowest BCUT2D eigenvalue weighted by atomic mass is 10.1. The molecule has 1 aromatic heterocycles. The monoisotopic (exact) mass is 249 g/mol. The number of nitrogens with zero attached hydrogens (tertiary/aromatic N) is 1. The molecule has 0 unspecified atom stereocenters. The van der Waals surface area contributed by atoms with Gasteiger partial charge in [0.1, 0.15) is 11.6 Å². The molecule has 1 fully saturated rings. The van der Waals surface area contributed by atoms with Crippen LogP contribution in [0.2, 0.25) is 5.02 Å². The molecule has 1 aliphatic carbocycles. The molecule has 5 heteroatoms. The number of ether oxygens (including phenoxy) is 1. The lowest BCUT2D eigenvalue weighted by Gasteiger charge is -2.08. The number of nitrogens with two attached hydrogens (primary N) is 1. The van der Waals surface area contributed by atoms with Crippen molar-refractivity contribution in [3.8, 4) is 16.9 Å². The van der Waals surface area contributed by atoms with Crippen LogP contribution in [0.15, 0.2) is 24.4 Å². The van der Waals surface area contributed by atoms with Gasteiger partial charge in [-0.2, -0.15) is 5.10 Å². The van der Waals surface area contributed by atoms with Crippen LogP contribution in [0.1, 0.15) is 12.8 Å². The van der Waals surface area contributed by atoms with E-state index in [4.69, 9.17) is 22.1 Å². The average Bonchev–Trinajstić information content (AvgIpc) is 3.02. The molecule has 17 heavy (non-hydrogen) atoms. The first kappa shape index (κ1) is 10.5. The van der Waals surface area contributed by atoms with Crippen molar-refractivity contribution in [3.05, 3.63) is 29.4 Å². The Kier molecular flexibility index (Phi) is 2.44. The Bertz CT molecular complexity index is 548. The van der Waals surface area contributed by atoms with Crippen molar-refractivity contribution in [1.82, 2.24) is 10.2 Å². The van der Waals surface area contributed by atoms with E-state index in [0.717, 1.165) is 29.7 Å². The molecular weight excluding hydrogens is 238 g/mol. The minimum atomic E-state index is 0.345. The lowest BCUT2D eigenvalue weighted by Crippen LogP contribution is -1.96. The van der Waals surface area contributed by atoms with Crippen LogP contribution in [0.3, 0.4) is 0 Å². The zero-order valence-electron chi connectivity index (χ0n) is 9.11. The summed E-state index contributed by atoms with van der Waals surface area (Å²) in [5.74, 6) is 1.27. The number of aromatic nitrogens is 2. The Morgan fingerprint density at radius 3 is 2.82 bits per heavy atom. The smallest absolute Gasteiger partial charge is 0.138 e. The fourth-order valence-corrected chi connectivity index (χ4v) is 1.88. The summed E-state index contributed by atoms with van der Waals surface area (Å²) >= 11 is 6.17. The first-order valence-electron chi connectivity index (χ1n) is 5.49. The highest BCUT2D eigenvalue weighted by molar-refractivity contribution is 6.32. The van der Waals surface area contributed by atoms with Crippen molar-refractivity contribution in [2.45, 2.75) is 18.9 Å². The van der Waals surface area contributed by atoms with Crippen molar-refractivity contribution < 1.29 is 4.74 Å². The van der Waals surface area contributed by atoms with E-state index in [2.05, 4.69) is 10.2 Å². The van der Waals surface area contributed by atoms with E-state index in [1.807, 2.05) is 18.2 Å². The fourth-order valence-electron chi connectivity index (χ4n) is 1.66. The molecule has 1 aliphatic rings. The minimum absolute atomic E-state index is 0.345. The topological polar surface area (TPSA) is 63.9 Å². The highest BCUT2D eigenvalue weighted by atomic mass is 35.5. The number of rotatable bonds is 3. The van der Waals surface area contributed by atoms with E-state index in [1.54, 1.807) is 6.20 Å². The molecule has 88 valence electrons. The third-order valence-corrected chi connectivity index (χ3v) is 3.03. The van der Waals surface area contributed by atoms with Gasteiger partial charge in [-0.05, 0) is 30.5 Å². The third-order valence-electron chi connectivity index (χ3n) is 2.73. The zero-order valence-corrected chi connectivity index (χ0v) is 9.87. The number of benzene rings is 1. The molecule has 0 spiro atoms. The van der Waals surface area contributed by atoms with Crippen molar-refractivity contribution >= 4 is 17.4 Å². The lowest BCUT2D eigenvalue weighted by molar-refractivity contribution is 0.303. The van der Waals surface area contributed by atoms with E-state index in [-0.39, 0.29) is 0 Å². The summed E-state index contributed by atoms with van der Waals surface area (Å²) in [6.07, 6.45) is 4.26. The second-order valence-electron chi connectivity index (χ2n) is 4.16. The van der Waals surface area contributed by atoms with Crippen LogP contribution < -0.4 is 10.5 Å². The van der Waals surface area contributed by atoms with E-state index in [9.17, 15) is 0 Å². The van der Waals surface area contributed by atoms with Gasteiger partial charge in [0.05, 0.1) is 17.3 Å². The summed E-state index contributed by atoms with van der Waals surface area (Å²) in [6, 6.07) is 5.66. The zero-order chi connectivity index (χ0) is 11.8. The molecule has 0 amide bonds. The maximum atomic E-state index is 6.17. The fraction of sp³-hybridized carbons (Fsp3) is 0.250. The summed E-state index contributed by atoms with van der Waals surface area (Å²) in [6.45, 7) is 0. The number of nitrogens with one attached hydrogen (secondary N) is 1. The second-order valence-corrected chi connectivity index (χ2v) is 4.57. The van der Waals surface area contributed by atoms with Gasteiger partial charge in [-0.3, -0.25) is 5.10 Å². The molecule has 1 saturated carbocycles. The van der Waals surface area contributed by atoms with Crippen LogP contribution in [0.4, 0.5) is 5.82 Å². The van der Waals surface area contributed by atoms with E-state index >= 15 is 0 Å². The molecule has 0 radical (unpaired) electrons. The van der Waals surface area contributed by atoms with Gasteiger partial charge in [-0.1, -0.05) is 17.7 Å². The number of hydrogen-bond acceptors (Lipinski definition) is 3. The molecule has 0 saturated heterocycles. The summed E-state index contributed by atoms with van der Waals surface area (Å²) in [4.78, 5) is 0. The van der Waals surface area contributed by atoms with E-state index in [0.29, 0.717) is 16.9 Å². The highest BCUT2D eigenvalue weighted by Gasteiger charge is 2.24. The molecule has 4 nitrogen and oxygen atoms in total. The largest absolute Gasteiger partial charge is 0.489 e. The van der Waals surface area contributed by atoms with Crippen LogP contribution in [-0.4, -0.2) is 16.3 Å². The van der Waals surface area contributed by atoms with Crippen LogP contribution in [0.5, 0.6) is 5.75 Å². The van der Waals surface area contributed by atoms with Gasteiger partial charge in [-0.25, -0.2) is 0 Å². The maximum Gasteiger partial charge on any atom is 0.138 e. The quantitative estimate of drug-likeness (QED) is 0.879. The minimum Gasteiger partial charge on any atom is -0.489 e. The molecule has 1 aromatic carbocycles. The Morgan fingerprint density at radius 2 is 2.24 bits per heavy atom. The maximum absolute atomic E-state index is 6.17. The summed E-state index contributed by atoms with van der Waals surface area (Å²) < 4.78 is 5.67. The van der Waals surface area contributed by atoms with Gasteiger partial charge in [0, 0.05) is 5.56 Å². The van der Waals surface area contributed by atoms with Gasteiger partial charge < -0.3 is 10.5 Å². The molecule has 3 rings (SSSR count). The molecule has 0 aliphatic heterocycles. The van der Waals surface area contributed by atoms with Gasteiger partial charge in [-0.15, -0.1) is 0 Å². The number of H-pyrrole nitrogens is 1. The van der Waals surface area contributed by atoms with Gasteiger partial charge >= 0.3 is 0 Å². The highest BCUT2D eigenvalue weighted by Crippen LogP contribution is 2.35. The van der Waals surface area contributed by atoms with Crippen LogP contribution in [-0.2, 0) is 0 Å². The molecule has 3 N–H and O–H groups in total. The summed E-state index contributed by atoms with van der Waals surface area (Å²) in [5, 5.41) is 7.19. The SMILES string of the molecule is Nc1[nH]ncc1-c1ccc(OC2CC2)c(Cl)c1. The van der Waals surface area contributed by atoms with Crippen LogP contribution >= 0.6 is 11.6 Å². The Labute approximate surface area is 104 Å². The normalized spacial score (nSPS) is 14.9. The number of hydrogen-bond donors (Lipinski definition) is 2. The Balaban J connectivity index is 1.92. The van der Waals surface area contributed by atoms with Crippen LogP contribution in [0.25, 0.3) is 11.1 Å². The van der Waals surface area contributed by atoms with Gasteiger partial charge in [0.25, 0.3) is 0 Å². The van der Waals surface area contributed by atoms with E-state index < -0.39 is 0 Å². The van der Waals surface area contributed by atoms with Crippen molar-refractivity contribution in [3.63, 3.8) is 0 Å². The Morgan fingerprint density at radius 1 is 1.41 bits per heavy atom. The first-order chi connectivity index (χ1) is 8.24. The molecular formula is C12H12ClN3O. The standard InChI is InChI=1S/C12H12ClN3O/c13-10-5-7(9-6-15-16-12(9)14)1-4-11(10)17-8-2-3-8/h1,4-6,8H,2-3H2,(H3,14,15,16). The summed E-state index contributed by atoms with van der Waals surface area (Å²) in [5.41, 5.74) is 7.55. The van der Waals surface area contributed by atoms with Crippen LogP contribution in [0, 0.1) is 0 Å². The van der Waals surface area contributed by atoms with Gasteiger partial charge in [0.2, 0.25) is 0 Å². The predicted molar refractivity (Wildman–Crippen MR) is 67.1 cm³/mol. The first-order valence-corrected chi connectivity index (χ1v) is 5.87. The second kappa shape index (κ2) is 3.96. The summed E-state index contributed by atoms with van der Waals surface area (Å²) in [7, 11) is 0. The molecule has 1 heterocycles. The number of halogens is 1. The van der Waals surface area contributed by atoms with E-state index in [1.165, 1.54) is 0 Å². The predicted octanol–water partition coefficient (Wildman–Crippen LogP) is 2.85.